The predicted octanol–water partition coefficient (Wildman–Crippen LogP) is 4.74. The molecule has 32 heavy (non-hydrogen) atoms. The van der Waals surface area contributed by atoms with Gasteiger partial charge in [-0.3, -0.25) is 4.79 Å². The van der Waals surface area contributed by atoms with Crippen LogP contribution in [-0.4, -0.2) is 48.9 Å². The molecule has 1 aliphatic rings. The summed E-state index contributed by atoms with van der Waals surface area (Å²) < 4.78 is 1.72. The number of benzene rings is 1. The van der Waals surface area contributed by atoms with Crippen LogP contribution in [-0.2, 0) is 5.75 Å². The highest BCUT2D eigenvalue weighted by atomic mass is 35.5. The van der Waals surface area contributed by atoms with Crippen molar-refractivity contribution in [2.75, 3.05) is 13.1 Å². The topological polar surface area (TPSA) is 76.8 Å². The van der Waals surface area contributed by atoms with Gasteiger partial charge in [0.15, 0.2) is 10.9 Å². The van der Waals surface area contributed by atoms with Gasteiger partial charge in [0.1, 0.15) is 0 Å². The Kier molecular flexibility index (Phi) is 6.81. The first kappa shape index (κ1) is 22.7. The highest BCUT2D eigenvalue weighted by Crippen LogP contribution is 2.27. The molecular weight excluding hydrogens is 444 g/mol. The summed E-state index contributed by atoms with van der Waals surface area (Å²) >= 11 is 7.55. The summed E-state index contributed by atoms with van der Waals surface area (Å²) in [5.41, 5.74) is 3.75. The van der Waals surface area contributed by atoms with Crippen LogP contribution in [0.5, 0.6) is 0 Å². The smallest absolute Gasteiger partial charge is 0.276 e. The van der Waals surface area contributed by atoms with Crippen LogP contribution in [0.4, 0.5) is 0 Å². The van der Waals surface area contributed by atoms with E-state index >= 15 is 0 Å². The number of amides is 1. The fraction of sp³-hybridized carbons (Fsp3) is 0.435. The summed E-state index contributed by atoms with van der Waals surface area (Å²) in [6, 6.07) is 9.29. The van der Waals surface area contributed by atoms with Gasteiger partial charge in [0.05, 0.1) is 11.4 Å². The number of likely N-dealkylation sites (tertiary alicyclic amines) is 1. The highest BCUT2D eigenvalue weighted by Gasteiger charge is 2.30. The Hall–Kier alpha value is -2.45. The Morgan fingerprint density at radius 1 is 1.09 bits per heavy atom. The first-order valence-electron chi connectivity index (χ1n) is 10.7. The molecule has 0 radical (unpaired) electrons. The number of aromatic nitrogens is 5. The number of carbonyl (C=O) groups is 1. The fourth-order valence-electron chi connectivity index (χ4n) is 4.26. The second-order valence-electron chi connectivity index (χ2n) is 8.65. The van der Waals surface area contributed by atoms with Crippen molar-refractivity contribution in [2.45, 2.75) is 45.0 Å². The van der Waals surface area contributed by atoms with Crippen molar-refractivity contribution in [1.82, 2.24) is 29.9 Å². The van der Waals surface area contributed by atoms with Crippen LogP contribution < -0.4 is 0 Å². The van der Waals surface area contributed by atoms with E-state index in [1.54, 1.807) is 16.8 Å². The molecule has 0 saturated carbocycles. The molecule has 4 rings (SSSR count). The lowest BCUT2D eigenvalue weighted by Crippen LogP contribution is -2.43. The molecule has 1 aliphatic heterocycles. The number of aryl methyl sites for hydroxylation is 2. The molecule has 1 saturated heterocycles. The molecule has 1 amide bonds. The van der Waals surface area contributed by atoms with Crippen molar-refractivity contribution in [2.24, 2.45) is 11.8 Å². The molecule has 2 unspecified atom stereocenters. The third kappa shape index (κ3) is 5.13. The van der Waals surface area contributed by atoms with Crippen LogP contribution in [0.2, 0.25) is 5.02 Å². The normalized spacial score (nSPS) is 18.7. The third-order valence-corrected chi connectivity index (χ3v) is 6.60. The van der Waals surface area contributed by atoms with Gasteiger partial charge in [-0.25, -0.2) is 14.6 Å². The van der Waals surface area contributed by atoms with E-state index in [-0.39, 0.29) is 5.91 Å². The van der Waals surface area contributed by atoms with Crippen molar-refractivity contribution in [3.8, 4) is 5.69 Å². The molecule has 168 valence electrons. The Morgan fingerprint density at radius 2 is 1.72 bits per heavy atom. The highest BCUT2D eigenvalue weighted by molar-refractivity contribution is 7.98. The van der Waals surface area contributed by atoms with Gasteiger partial charge in [0, 0.05) is 35.3 Å². The molecule has 0 aliphatic carbocycles. The molecule has 9 heteroatoms. The number of hydrogen-bond donors (Lipinski definition) is 0. The molecule has 1 fully saturated rings. The molecular formula is C23H27ClN6OS. The zero-order chi connectivity index (χ0) is 22.8. The molecule has 1 aromatic carbocycles. The zero-order valence-electron chi connectivity index (χ0n) is 18.7. The van der Waals surface area contributed by atoms with Gasteiger partial charge in [0.2, 0.25) is 0 Å². The van der Waals surface area contributed by atoms with Gasteiger partial charge < -0.3 is 4.90 Å². The van der Waals surface area contributed by atoms with Crippen LogP contribution in [0.1, 0.15) is 47.8 Å². The predicted molar refractivity (Wildman–Crippen MR) is 126 cm³/mol. The maximum Gasteiger partial charge on any atom is 0.276 e. The van der Waals surface area contributed by atoms with E-state index in [4.69, 9.17) is 11.6 Å². The zero-order valence-corrected chi connectivity index (χ0v) is 20.3. The van der Waals surface area contributed by atoms with Crippen LogP contribution >= 0.6 is 23.4 Å². The average molecular weight is 471 g/mol. The number of carbonyl (C=O) groups excluding carboxylic acids is 1. The van der Waals surface area contributed by atoms with E-state index in [1.807, 2.05) is 36.9 Å². The summed E-state index contributed by atoms with van der Waals surface area (Å²) in [6.07, 6.45) is 1.13. The third-order valence-electron chi connectivity index (χ3n) is 5.49. The second-order valence-corrected chi connectivity index (χ2v) is 10.0. The number of nitrogens with zero attached hydrogens (tertiary/aromatic N) is 6. The van der Waals surface area contributed by atoms with E-state index in [1.165, 1.54) is 11.8 Å². The van der Waals surface area contributed by atoms with E-state index in [2.05, 4.69) is 34.1 Å². The second kappa shape index (κ2) is 9.58. The molecule has 3 aromatic rings. The van der Waals surface area contributed by atoms with E-state index < -0.39 is 0 Å². The van der Waals surface area contributed by atoms with Crippen LogP contribution in [0.15, 0.2) is 35.5 Å². The van der Waals surface area contributed by atoms with Crippen molar-refractivity contribution >= 4 is 29.3 Å². The maximum atomic E-state index is 13.5. The number of rotatable bonds is 5. The minimum atomic E-state index is -0.0689. The Bertz CT molecular complexity index is 1090. The number of hydrogen-bond acceptors (Lipinski definition) is 6. The van der Waals surface area contributed by atoms with E-state index in [0.717, 1.165) is 42.3 Å². The van der Waals surface area contributed by atoms with Gasteiger partial charge in [-0.05, 0) is 62.4 Å². The minimum Gasteiger partial charge on any atom is -0.337 e. The van der Waals surface area contributed by atoms with Crippen LogP contribution in [0.25, 0.3) is 5.69 Å². The van der Waals surface area contributed by atoms with Crippen molar-refractivity contribution in [3.05, 3.63) is 58.1 Å². The largest absolute Gasteiger partial charge is 0.337 e. The standard InChI is InChI=1S/C23H27ClN6OS/c1-14-9-15(2)12-29(11-14)22(31)21-20(13-32-23-25-16(3)10-17(4)26-23)30(28-27-21)19-7-5-18(24)6-8-19/h5-8,10,14-15H,9,11-13H2,1-4H3. The van der Waals surface area contributed by atoms with Gasteiger partial charge >= 0.3 is 0 Å². The van der Waals surface area contributed by atoms with Crippen molar-refractivity contribution in [1.29, 1.82) is 0 Å². The maximum absolute atomic E-state index is 13.5. The lowest BCUT2D eigenvalue weighted by atomic mass is 9.91. The Morgan fingerprint density at radius 3 is 2.34 bits per heavy atom. The first-order valence-corrected chi connectivity index (χ1v) is 12.1. The molecule has 0 spiro atoms. The quantitative estimate of drug-likeness (QED) is 0.396. The van der Waals surface area contributed by atoms with Crippen molar-refractivity contribution < 1.29 is 4.79 Å². The summed E-state index contributed by atoms with van der Waals surface area (Å²) in [5.74, 6) is 1.34. The lowest BCUT2D eigenvalue weighted by Gasteiger charge is -2.34. The summed E-state index contributed by atoms with van der Waals surface area (Å²) in [5, 5.41) is 9.97. The number of piperidine rings is 1. The van der Waals surface area contributed by atoms with E-state index in [0.29, 0.717) is 33.5 Å². The lowest BCUT2D eigenvalue weighted by molar-refractivity contribution is 0.0616. The molecule has 2 atom stereocenters. The fourth-order valence-corrected chi connectivity index (χ4v) is 5.32. The molecule has 3 heterocycles. The average Bonchev–Trinajstić information content (AvgIpc) is 3.14. The summed E-state index contributed by atoms with van der Waals surface area (Å²) in [4.78, 5) is 24.4. The van der Waals surface area contributed by atoms with Crippen LogP contribution in [0.3, 0.4) is 0 Å². The molecule has 2 aromatic heterocycles. The number of thioether (sulfide) groups is 1. The first-order chi connectivity index (χ1) is 15.3. The molecule has 0 bridgehead atoms. The monoisotopic (exact) mass is 470 g/mol. The number of halogens is 1. The summed E-state index contributed by atoms with van der Waals surface area (Å²) in [6.45, 7) is 9.76. The van der Waals surface area contributed by atoms with Gasteiger partial charge in [-0.1, -0.05) is 42.4 Å². The van der Waals surface area contributed by atoms with E-state index in [9.17, 15) is 4.79 Å². The van der Waals surface area contributed by atoms with Crippen molar-refractivity contribution in [3.63, 3.8) is 0 Å². The molecule has 7 nitrogen and oxygen atoms in total. The van der Waals surface area contributed by atoms with Gasteiger partial charge in [-0.15, -0.1) is 5.10 Å². The Labute approximate surface area is 197 Å². The SMILES string of the molecule is Cc1cc(C)nc(SCc2c(C(=O)N3CC(C)CC(C)C3)nnn2-c2ccc(Cl)cc2)n1. The minimum absolute atomic E-state index is 0.0689. The van der Waals surface area contributed by atoms with Crippen LogP contribution in [0, 0.1) is 25.7 Å². The van der Waals surface area contributed by atoms with Gasteiger partial charge in [0.25, 0.3) is 5.91 Å². The molecule has 0 N–H and O–H groups in total. The summed E-state index contributed by atoms with van der Waals surface area (Å²) in [7, 11) is 0. The van der Waals surface area contributed by atoms with Gasteiger partial charge in [-0.2, -0.15) is 0 Å². The Balaban J connectivity index is 1.68.